The number of aliphatic carboxylic acids is 1. The lowest BCUT2D eigenvalue weighted by atomic mass is 10.1. The van der Waals surface area contributed by atoms with Crippen molar-refractivity contribution >= 4 is 17.3 Å². The van der Waals surface area contributed by atoms with Crippen molar-refractivity contribution in [3.8, 4) is 0 Å². The highest BCUT2D eigenvalue weighted by Crippen LogP contribution is 2.20. The summed E-state index contributed by atoms with van der Waals surface area (Å²) in [5.74, 6) is -0.765. The molecule has 0 bridgehead atoms. The van der Waals surface area contributed by atoms with Crippen LogP contribution in [0.1, 0.15) is 17.5 Å². The van der Waals surface area contributed by atoms with Crippen LogP contribution >= 0.6 is 0 Å². The molecule has 4 nitrogen and oxygen atoms in total. The molecule has 4 heteroatoms. The summed E-state index contributed by atoms with van der Waals surface area (Å²) in [5, 5.41) is 12.2. The van der Waals surface area contributed by atoms with Crippen molar-refractivity contribution in [3.63, 3.8) is 0 Å². The molecule has 2 aromatic rings. The van der Waals surface area contributed by atoms with E-state index in [-0.39, 0.29) is 6.42 Å². The minimum atomic E-state index is -0.765. The monoisotopic (exact) mass is 298 g/mol. The molecule has 0 aliphatic carbocycles. The van der Waals surface area contributed by atoms with Gasteiger partial charge in [0.05, 0.1) is 0 Å². The van der Waals surface area contributed by atoms with Gasteiger partial charge in [0.1, 0.15) is 0 Å². The fourth-order valence-corrected chi connectivity index (χ4v) is 2.38. The maximum absolute atomic E-state index is 10.6. The Balaban J connectivity index is 2.03. The normalized spacial score (nSPS) is 10.3. The summed E-state index contributed by atoms with van der Waals surface area (Å²) >= 11 is 0. The number of hydrogen-bond donors (Lipinski definition) is 2. The lowest BCUT2D eigenvalue weighted by Crippen LogP contribution is -2.12. The molecular formula is C18H22N2O2. The first kappa shape index (κ1) is 15.9. The molecule has 0 saturated heterocycles. The maximum atomic E-state index is 10.6. The molecule has 0 heterocycles. The summed E-state index contributed by atoms with van der Waals surface area (Å²) in [5.41, 5.74) is 4.46. The van der Waals surface area contributed by atoms with Crippen LogP contribution in [-0.2, 0) is 17.8 Å². The van der Waals surface area contributed by atoms with Gasteiger partial charge in [-0.15, -0.1) is 0 Å². The molecular weight excluding hydrogens is 276 g/mol. The van der Waals surface area contributed by atoms with Crippen LogP contribution in [0.4, 0.5) is 11.4 Å². The summed E-state index contributed by atoms with van der Waals surface area (Å²) in [6.45, 7) is 0.733. The fraction of sp³-hybridized carbons (Fsp3) is 0.278. The number of para-hydroxylation sites is 1. The highest BCUT2D eigenvalue weighted by Gasteiger charge is 2.04. The molecule has 0 spiro atoms. The number of rotatable bonds is 7. The summed E-state index contributed by atoms with van der Waals surface area (Å²) in [7, 11) is 4.07. The second-order valence-corrected chi connectivity index (χ2v) is 5.47. The van der Waals surface area contributed by atoms with Crippen LogP contribution in [0.3, 0.4) is 0 Å². The first-order chi connectivity index (χ1) is 10.6. The van der Waals surface area contributed by atoms with Crippen LogP contribution in [0.5, 0.6) is 0 Å². The molecule has 22 heavy (non-hydrogen) atoms. The van der Waals surface area contributed by atoms with Crippen molar-refractivity contribution in [1.29, 1.82) is 0 Å². The highest BCUT2D eigenvalue weighted by molar-refractivity contribution is 5.67. The predicted octanol–water partition coefficient (Wildman–Crippen LogP) is 3.38. The molecule has 0 radical (unpaired) electrons. The predicted molar refractivity (Wildman–Crippen MR) is 90.5 cm³/mol. The van der Waals surface area contributed by atoms with Gasteiger partial charge in [-0.2, -0.15) is 0 Å². The van der Waals surface area contributed by atoms with Crippen LogP contribution in [0, 0.1) is 0 Å². The van der Waals surface area contributed by atoms with Crippen LogP contribution in [0.15, 0.2) is 48.5 Å². The van der Waals surface area contributed by atoms with Gasteiger partial charge in [0.25, 0.3) is 0 Å². The summed E-state index contributed by atoms with van der Waals surface area (Å²) in [6.07, 6.45) is 0.714. The number of carbonyl (C=O) groups is 1. The van der Waals surface area contributed by atoms with Crippen molar-refractivity contribution < 1.29 is 9.90 Å². The highest BCUT2D eigenvalue weighted by atomic mass is 16.4. The number of carboxylic acid groups (broad SMARTS) is 1. The quantitative estimate of drug-likeness (QED) is 0.823. The van der Waals surface area contributed by atoms with Gasteiger partial charge in [0.2, 0.25) is 0 Å². The Bertz CT molecular complexity index is 638. The molecule has 2 rings (SSSR count). The maximum Gasteiger partial charge on any atom is 0.303 e. The molecule has 116 valence electrons. The molecule has 0 fully saturated rings. The number of benzene rings is 2. The number of nitrogens with zero attached hydrogens (tertiary/aromatic N) is 1. The van der Waals surface area contributed by atoms with Crippen molar-refractivity contribution in [2.75, 3.05) is 24.3 Å². The van der Waals surface area contributed by atoms with Crippen molar-refractivity contribution in [3.05, 3.63) is 59.7 Å². The molecule has 0 aromatic heterocycles. The van der Waals surface area contributed by atoms with Gasteiger partial charge < -0.3 is 15.3 Å². The van der Waals surface area contributed by atoms with Crippen molar-refractivity contribution in [2.24, 2.45) is 0 Å². The molecule has 0 atom stereocenters. The standard InChI is InChI=1S/C18H22N2O2/c1-20(2)17-9-4-3-7-15(17)13-19-16-8-5-6-14(12-16)10-11-18(21)22/h3-9,12,19H,10-11,13H2,1-2H3,(H,21,22). The molecule has 0 amide bonds. The average molecular weight is 298 g/mol. The van der Waals surface area contributed by atoms with Crippen LogP contribution in [0.2, 0.25) is 0 Å². The van der Waals surface area contributed by atoms with Crippen molar-refractivity contribution in [2.45, 2.75) is 19.4 Å². The van der Waals surface area contributed by atoms with E-state index >= 15 is 0 Å². The van der Waals surface area contributed by atoms with E-state index in [1.807, 2.05) is 50.5 Å². The lowest BCUT2D eigenvalue weighted by Gasteiger charge is -2.18. The Morgan fingerprint density at radius 1 is 1.14 bits per heavy atom. The largest absolute Gasteiger partial charge is 0.481 e. The molecule has 2 aromatic carbocycles. The second-order valence-electron chi connectivity index (χ2n) is 5.47. The van der Waals surface area contributed by atoms with Crippen LogP contribution in [0.25, 0.3) is 0 Å². The minimum Gasteiger partial charge on any atom is -0.481 e. The Morgan fingerprint density at radius 2 is 1.91 bits per heavy atom. The molecule has 0 aliphatic rings. The topological polar surface area (TPSA) is 52.6 Å². The first-order valence-corrected chi connectivity index (χ1v) is 7.36. The van der Waals surface area contributed by atoms with Gasteiger partial charge in [-0.05, 0) is 35.7 Å². The van der Waals surface area contributed by atoms with Gasteiger partial charge in [-0.25, -0.2) is 0 Å². The van der Waals surface area contributed by atoms with Gasteiger partial charge in [0, 0.05) is 38.4 Å². The Labute approximate surface area is 131 Å². The number of anilines is 2. The van der Waals surface area contributed by atoms with E-state index in [0.29, 0.717) is 6.42 Å². The molecule has 2 N–H and O–H groups in total. The Kier molecular flexibility index (Phi) is 5.42. The van der Waals surface area contributed by atoms with E-state index in [9.17, 15) is 4.79 Å². The molecule has 0 aliphatic heterocycles. The van der Waals surface area contributed by atoms with Gasteiger partial charge in [0.15, 0.2) is 0 Å². The first-order valence-electron chi connectivity index (χ1n) is 7.36. The number of nitrogens with one attached hydrogen (secondary N) is 1. The van der Waals surface area contributed by atoms with Gasteiger partial charge in [-0.3, -0.25) is 4.79 Å². The zero-order valence-corrected chi connectivity index (χ0v) is 13.0. The number of aryl methyl sites for hydroxylation is 1. The third-order valence-corrected chi connectivity index (χ3v) is 3.51. The Morgan fingerprint density at radius 3 is 2.64 bits per heavy atom. The van der Waals surface area contributed by atoms with Gasteiger partial charge >= 0.3 is 5.97 Å². The van der Waals surface area contributed by atoms with Gasteiger partial charge in [-0.1, -0.05) is 30.3 Å². The average Bonchev–Trinajstić information content (AvgIpc) is 2.51. The summed E-state index contributed by atoms with van der Waals surface area (Å²) < 4.78 is 0. The Hall–Kier alpha value is -2.49. The zero-order valence-electron chi connectivity index (χ0n) is 13.0. The van der Waals surface area contributed by atoms with E-state index in [1.165, 1.54) is 11.3 Å². The third kappa shape index (κ3) is 4.52. The second kappa shape index (κ2) is 7.50. The number of carboxylic acids is 1. The van der Waals surface area contributed by atoms with E-state index < -0.39 is 5.97 Å². The van der Waals surface area contributed by atoms with Crippen LogP contribution < -0.4 is 10.2 Å². The SMILES string of the molecule is CN(C)c1ccccc1CNc1cccc(CCC(=O)O)c1. The van der Waals surface area contributed by atoms with E-state index in [1.54, 1.807) is 0 Å². The fourth-order valence-electron chi connectivity index (χ4n) is 2.38. The zero-order chi connectivity index (χ0) is 15.9. The minimum absolute atomic E-state index is 0.160. The van der Waals surface area contributed by atoms with E-state index in [4.69, 9.17) is 5.11 Å². The van der Waals surface area contributed by atoms with Crippen molar-refractivity contribution in [1.82, 2.24) is 0 Å². The van der Waals surface area contributed by atoms with E-state index in [0.717, 1.165) is 17.8 Å². The molecule has 0 saturated carbocycles. The lowest BCUT2D eigenvalue weighted by molar-refractivity contribution is -0.136. The van der Waals surface area contributed by atoms with E-state index in [2.05, 4.69) is 22.3 Å². The summed E-state index contributed by atoms with van der Waals surface area (Å²) in [4.78, 5) is 12.7. The third-order valence-electron chi connectivity index (χ3n) is 3.51. The smallest absolute Gasteiger partial charge is 0.303 e. The van der Waals surface area contributed by atoms with Crippen LogP contribution in [-0.4, -0.2) is 25.2 Å². The number of hydrogen-bond acceptors (Lipinski definition) is 3. The summed E-state index contributed by atoms with van der Waals surface area (Å²) in [6, 6.07) is 16.2. The molecule has 0 unspecified atom stereocenters.